The Morgan fingerprint density at radius 3 is 2.68 bits per heavy atom. The fraction of sp³-hybridized carbons (Fsp3) is 0.632. The highest BCUT2D eigenvalue weighted by atomic mass is 19.1. The van der Waals surface area contributed by atoms with Crippen LogP contribution in [0.5, 0.6) is 0 Å². The molecule has 1 aromatic rings. The number of guanidine groups is 1. The normalized spacial score (nSPS) is 18.2. The molecule has 0 bridgehead atoms. The van der Waals surface area contributed by atoms with Crippen LogP contribution in [0.1, 0.15) is 44.8 Å². The number of piperidine rings is 1. The lowest BCUT2D eigenvalue weighted by atomic mass is 10.1. The van der Waals surface area contributed by atoms with Crippen LogP contribution in [0, 0.1) is 5.82 Å². The molecular weight excluding hydrogens is 319 g/mol. The van der Waals surface area contributed by atoms with Crippen molar-refractivity contribution in [3.05, 3.63) is 35.6 Å². The summed E-state index contributed by atoms with van der Waals surface area (Å²) in [5.74, 6) is 0.290. The lowest BCUT2D eigenvalue weighted by Gasteiger charge is -2.32. The predicted octanol–water partition coefficient (Wildman–Crippen LogP) is 2.29. The SMILES string of the molecule is CCCN1CCC(NC(=NCC(O)c2ccccc2F)NCC)CC1. The molecule has 1 aromatic carbocycles. The van der Waals surface area contributed by atoms with Crippen LogP contribution >= 0.6 is 0 Å². The van der Waals surface area contributed by atoms with E-state index in [9.17, 15) is 9.50 Å². The van der Waals surface area contributed by atoms with Crippen LogP contribution < -0.4 is 10.6 Å². The van der Waals surface area contributed by atoms with E-state index in [0.717, 1.165) is 39.0 Å². The molecule has 1 unspecified atom stereocenters. The molecule has 5 nitrogen and oxygen atoms in total. The first-order chi connectivity index (χ1) is 12.1. The Bertz CT molecular complexity index is 544. The molecule has 0 aromatic heterocycles. The lowest BCUT2D eigenvalue weighted by molar-refractivity contribution is 0.182. The summed E-state index contributed by atoms with van der Waals surface area (Å²) in [7, 11) is 0. The highest BCUT2D eigenvalue weighted by Crippen LogP contribution is 2.17. The molecule has 1 aliphatic rings. The smallest absolute Gasteiger partial charge is 0.191 e. The van der Waals surface area contributed by atoms with Crippen LogP contribution in [0.3, 0.4) is 0 Å². The number of hydrogen-bond donors (Lipinski definition) is 3. The van der Waals surface area contributed by atoms with Gasteiger partial charge in [-0.3, -0.25) is 4.99 Å². The van der Waals surface area contributed by atoms with Gasteiger partial charge in [0.1, 0.15) is 11.9 Å². The summed E-state index contributed by atoms with van der Waals surface area (Å²) in [6.45, 7) is 8.46. The molecule has 25 heavy (non-hydrogen) atoms. The Morgan fingerprint density at radius 2 is 2.04 bits per heavy atom. The van der Waals surface area contributed by atoms with Crippen molar-refractivity contribution in [2.45, 2.75) is 45.3 Å². The second-order valence-electron chi connectivity index (χ2n) is 6.52. The maximum Gasteiger partial charge on any atom is 0.191 e. The number of nitrogens with zero attached hydrogens (tertiary/aromatic N) is 2. The van der Waals surface area contributed by atoms with Crippen molar-refractivity contribution in [2.24, 2.45) is 4.99 Å². The standard InChI is InChI=1S/C19H31FN4O/c1-3-11-24-12-9-15(10-13-24)23-19(21-4-2)22-14-18(25)16-7-5-6-8-17(16)20/h5-8,15,18,25H,3-4,9-14H2,1-2H3,(H2,21,22,23). The minimum Gasteiger partial charge on any atom is -0.386 e. The molecular formula is C19H31FN4O. The molecule has 0 saturated carbocycles. The van der Waals surface area contributed by atoms with Gasteiger partial charge in [-0.15, -0.1) is 0 Å². The second-order valence-corrected chi connectivity index (χ2v) is 6.52. The summed E-state index contributed by atoms with van der Waals surface area (Å²) >= 11 is 0. The number of hydrogen-bond acceptors (Lipinski definition) is 3. The number of aliphatic hydroxyl groups excluding tert-OH is 1. The molecule has 0 amide bonds. The molecule has 140 valence electrons. The number of aliphatic hydroxyl groups is 1. The zero-order chi connectivity index (χ0) is 18.1. The van der Waals surface area contributed by atoms with Crippen molar-refractivity contribution in [1.82, 2.24) is 15.5 Å². The molecule has 1 atom stereocenters. The van der Waals surface area contributed by atoms with E-state index < -0.39 is 11.9 Å². The number of benzene rings is 1. The van der Waals surface area contributed by atoms with Crippen molar-refractivity contribution < 1.29 is 9.50 Å². The first-order valence-electron chi connectivity index (χ1n) is 9.33. The van der Waals surface area contributed by atoms with E-state index in [0.29, 0.717) is 12.0 Å². The molecule has 0 spiro atoms. The van der Waals surface area contributed by atoms with Crippen LogP contribution in [-0.2, 0) is 0 Å². The van der Waals surface area contributed by atoms with Gasteiger partial charge < -0.3 is 20.6 Å². The van der Waals surface area contributed by atoms with Gasteiger partial charge in [-0.05, 0) is 38.8 Å². The van der Waals surface area contributed by atoms with Crippen molar-refractivity contribution in [1.29, 1.82) is 0 Å². The van der Waals surface area contributed by atoms with E-state index in [1.54, 1.807) is 18.2 Å². The zero-order valence-corrected chi connectivity index (χ0v) is 15.3. The van der Waals surface area contributed by atoms with Gasteiger partial charge in [0.05, 0.1) is 6.54 Å². The summed E-state index contributed by atoms with van der Waals surface area (Å²) in [6.07, 6.45) is 2.42. The molecule has 1 aliphatic heterocycles. The molecule has 1 heterocycles. The van der Waals surface area contributed by atoms with E-state index in [4.69, 9.17) is 0 Å². The zero-order valence-electron chi connectivity index (χ0n) is 15.3. The van der Waals surface area contributed by atoms with E-state index in [2.05, 4.69) is 27.4 Å². The molecule has 0 aliphatic carbocycles. The third-order valence-corrected chi connectivity index (χ3v) is 4.50. The molecule has 2 rings (SSSR count). The number of rotatable bonds is 7. The molecule has 3 N–H and O–H groups in total. The van der Waals surface area contributed by atoms with Crippen LogP contribution in [0.25, 0.3) is 0 Å². The van der Waals surface area contributed by atoms with Gasteiger partial charge in [0.25, 0.3) is 0 Å². The molecule has 6 heteroatoms. The van der Waals surface area contributed by atoms with Gasteiger partial charge in [-0.1, -0.05) is 25.1 Å². The van der Waals surface area contributed by atoms with Gasteiger partial charge in [-0.25, -0.2) is 4.39 Å². The van der Waals surface area contributed by atoms with Crippen LogP contribution in [0.15, 0.2) is 29.3 Å². The van der Waals surface area contributed by atoms with Gasteiger partial charge in [0, 0.05) is 31.2 Å². The average molecular weight is 350 g/mol. The van der Waals surface area contributed by atoms with Crippen LogP contribution in [0.2, 0.25) is 0 Å². The molecule has 1 saturated heterocycles. The first kappa shape index (κ1) is 19.7. The number of aliphatic imine (C=N–C) groups is 1. The van der Waals surface area contributed by atoms with Crippen molar-refractivity contribution in [3.63, 3.8) is 0 Å². The Hall–Kier alpha value is -1.66. The summed E-state index contributed by atoms with van der Waals surface area (Å²) in [5.41, 5.74) is 0.287. The first-order valence-corrected chi connectivity index (χ1v) is 9.33. The van der Waals surface area contributed by atoms with E-state index >= 15 is 0 Å². The van der Waals surface area contributed by atoms with Gasteiger partial charge >= 0.3 is 0 Å². The van der Waals surface area contributed by atoms with Gasteiger partial charge in [-0.2, -0.15) is 0 Å². The Kier molecular flexibility index (Phi) is 8.15. The Morgan fingerprint density at radius 1 is 1.32 bits per heavy atom. The van der Waals surface area contributed by atoms with Crippen LogP contribution in [0.4, 0.5) is 4.39 Å². The quantitative estimate of drug-likeness (QED) is 0.522. The fourth-order valence-electron chi connectivity index (χ4n) is 3.15. The number of nitrogens with one attached hydrogen (secondary N) is 2. The van der Waals surface area contributed by atoms with Crippen LogP contribution in [-0.4, -0.2) is 54.7 Å². The van der Waals surface area contributed by atoms with E-state index in [1.165, 1.54) is 12.5 Å². The number of likely N-dealkylation sites (tertiary alicyclic amines) is 1. The third kappa shape index (κ3) is 6.29. The largest absolute Gasteiger partial charge is 0.386 e. The Balaban J connectivity index is 1.89. The van der Waals surface area contributed by atoms with E-state index in [1.807, 2.05) is 6.92 Å². The van der Waals surface area contributed by atoms with Crippen molar-refractivity contribution in [2.75, 3.05) is 32.7 Å². The predicted molar refractivity (Wildman–Crippen MR) is 100 cm³/mol. The monoisotopic (exact) mass is 350 g/mol. The fourth-order valence-corrected chi connectivity index (χ4v) is 3.15. The molecule has 0 radical (unpaired) electrons. The summed E-state index contributed by atoms with van der Waals surface area (Å²) < 4.78 is 13.7. The third-order valence-electron chi connectivity index (χ3n) is 4.50. The minimum atomic E-state index is -0.942. The van der Waals surface area contributed by atoms with Crippen molar-refractivity contribution in [3.8, 4) is 0 Å². The summed E-state index contributed by atoms with van der Waals surface area (Å²) in [4.78, 5) is 6.93. The maximum absolute atomic E-state index is 13.7. The average Bonchev–Trinajstić information content (AvgIpc) is 2.62. The highest BCUT2D eigenvalue weighted by molar-refractivity contribution is 5.80. The summed E-state index contributed by atoms with van der Waals surface area (Å²) in [6, 6.07) is 6.68. The summed E-state index contributed by atoms with van der Waals surface area (Å²) in [5, 5.41) is 16.9. The minimum absolute atomic E-state index is 0.130. The lowest BCUT2D eigenvalue weighted by Crippen LogP contribution is -2.48. The maximum atomic E-state index is 13.7. The second kappa shape index (κ2) is 10.4. The molecule has 1 fully saturated rings. The highest BCUT2D eigenvalue weighted by Gasteiger charge is 2.19. The Labute approximate surface area is 150 Å². The van der Waals surface area contributed by atoms with Crippen molar-refractivity contribution >= 4 is 5.96 Å². The topological polar surface area (TPSA) is 59.9 Å². The van der Waals surface area contributed by atoms with Gasteiger partial charge in [0.15, 0.2) is 5.96 Å². The van der Waals surface area contributed by atoms with Gasteiger partial charge in [0.2, 0.25) is 0 Å². The van der Waals surface area contributed by atoms with E-state index in [-0.39, 0.29) is 12.1 Å². The number of halogens is 1.